The number of nitrogens with one attached hydrogen (secondary N) is 2. The first kappa shape index (κ1) is 18.4. The van der Waals surface area contributed by atoms with Crippen LogP contribution in [0.4, 0.5) is 10.1 Å². The van der Waals surface area contributed by atoms with Gasteiger partial charge in [0.2, 0.25) is 5.91 Å². The third kappa shape index (κ3) is 4.79. The number of anilines is 1. The topological polar surface area (TPSA) is 67.4 Å². The van der Waals surface area contributed by atoms with E-state index in [1.807, 2.05) is 0 Å². The third-order valence-electron chi connectivity index (χ3n) is 3.71. The molecule has 0 aliphatic carbocycles. The summed E-state index contributed by atoms with van der Waals surface area (Å²) in [6.07, 6.45) is 0. The van der Waals surface area contributed by atoms with Crippen LogP contribution < -0.4 is 15.4 Å². The number of methoxy groups -OCH3 is 1. The van der Waals surface area contributed by atoms with E-state index in [0.717, 1.165) is 0 Å². The second kappa shape index (κ2) is 8.28. The molecule has 0 radical (unpaired) electrons. The van der Waals surface area contributed by atoms with Gasteiger partial charge in [-0.25, -0.2) is 4.39 Å². The number of amides is 2. The Morgan fingerprint density at radius 1 is 1.04 bits per heavy atom. The Balaban J connectivity index is 2.10. The average molecular weight is 344 g/mol. The highest BCUT2D eigenvalue weighted by Gasteiger charge is 2.25. The second-order valence-corrected chi connectivity index (χ2v) is 5.89. The first-order valence-electron chi connectivity index (χ1n) is 7.92. The van der Waals surface area contributed by atoms with Crippen molar-refractivity contribution in [2.45, 2.75) is 19.9 Å². The number of carbonyl (C=O) groups excluding carboxylic acids is 2. The van der Waals surface area contributed by atoms with Crippen molar-refractivity contribution in [3.8, 4) is 5.75 Å². The number of hydrogen-bond acceptors (Lipinski definition) is 3. The summed E-state index contributed by atoms with van der Waals surface area (Å²) in [5.74, 6) is -1.12. The van der Waals surface area contributed by atoms with Gasteiger partial charge in [0, 0.05) is 5.69 Å². The lowest BCUT2D eigenvalue weighted by Gasteiger charge is -2.22. The first-order chi connectivity index (χ1) is 11.9. The standard InChI is InChI=1S/C19H21FN2O3/c1-12(2)17(22-18(23)15-6-4-5-7-16(15)20)19(24)21-13-8-10-14(25-3)11-9-13/h4-12,17H,1-3H3,(H,21,24)(H,22,23)/t17-/m1/s1. The van der Waals surface area contributed by atoms with E-state index in [1.165, 1.54) is 18.2 Å². The van der Waals surface area contributed by atoms with E-state index < -0.39 is 17.8 Å². The maximum absolute atomic E-state index is 13.7. The van der Waals surface area contributed by atoms with Crippen LogP contribution in [-0.2, 0) is 4.79 Å². The Labute approximate surface area is 146 Å². The lowest BCUT2D eigenvalue weighted by atomic mass is 10.0. The maximum atomic E-state index is 13.7. The van der Waals surface area contributed by atoms with Gasteiger partial charge < -0.3 is 15.4 Å². The molecule has 132 valence electrons. The summed E-state index contributed by atoms with van der Waals surface area (Å²) in [6, 6.07) is 11.7. The lowest BCUT2D eigenvalue weighted by Crippen LogP contribution is -2.47. The van der Waals surface area contributed by atoms with Crippen LogP contribution in [0.1, 0.15) is 24.2 Å². The molecular weight excluding hydrogens is 323 g/mol. The minimum absolute atomic E-state index is 0.0922. The van der Waals surface area contributed by atoms with Crippen molar-refractivity contribution in [2.24, 2.45) is 5.92 Å². The first-order valence-corrected chi connectivity index (χ1v) is 7.92. The Morgan fingerprint density at radius 2 is 1.68 bits per heavy atom. The molecule has 0 saturated heterocycles. The Kier molecular flexibility index (Phi) is 6.11. The predicted molar refractivity (Wildman–Crippen MR) is 94.1 cm³/mol. The quantitative estimate of drug-likeness (QED) is 0.845. The molecule has 0 heterocycles. The fraction of sp³-hybridized carbons (Fsp3) is 0.263. The molecule has 0 bridgehead atoms. The fourth-order valence-corrected chi connectivity index (χ4v) is 2.29. The van der Waals surface area contributed by atoms with E-state index >= 15 is 0 Å². The van der Waals surface area contributed by atoms with E-state index in [-0.39, 0.29) is 17.4 Å². The molecular formula is C19H21FN2O3. The Morgan fingerprint density at radius 3 is 2.24 bits per heavy atom. The molecule has 0 aromatic heterocycles. The molecule has 6 heteroatoms. The van der Waals surface area contributed by atoms with Gasteiger partial charge in [-0.3, -0.25) is 9.59 Å². The van der Waals surface area contributed by atoms with Gasteiger partial charge in [-0.15, -0.1) is 0 Å². The summed E-state index contributed by atoms with van der Waals surface area (Å²) in [5, 5.41) is 5.34. The van der Waals surface area contributed by atoms with Crippen molar-refractivity contribution in [1.82, 2.24) is 5.32 Å². The molecule has 1 atom stereocenters. The van der Waals surface area contributed by atoms with Gasteiger partial charge in [-0.1, -0.05) is 26.0 Å². The SMILES string of the molecule is COc1ccc(NC(=O)[C@H](NC(=O)c2ccccc2F)C(C)C)cc1. The summed E-state index contributed by atoms with van der Waals surface area (Å²) in [4.78, 5) is 24.8. The minimum atomic E-state index is -0.797. The summed E-state index contributed by atoms with van der Waals surface area (Å²) < 4.78 is 18.8. The number of ether oxygens (including phenoxy) is 1. The van der Waals surface area contributed by atoms with Crippen LogP contribution in [0.3, 0.4) is 0 Å². The molecule has 2 rings (SSSR count). The summed E-state index contributed by atoms with van der Waals surface area (Å²) >= 11 is 0. The molecule has 2 amide bonds. The van der Waals surface area contributed by atoms with Gasteiger partial charge in [-0.05, 0) is 42.3 Å². The van der Waals surface area contributed by atoms with E-state index in [4.69, 9.17) is 4.74 Å². The molecule has 0 aliphatic rings. The van der Waals surface area contributed by atoms with Crippen LogP contribution in [0, 0.1) is 11.7 Å². The van der Waals surface area contributed by atoms with Crippen molar-refractivity contribution in [3.63, 3.8) is 0 Å². The highest BCUT2D eigenvalue weighted by molar-refractivity contribution is 6.01. The molecule has 2 aromatic carbocycles. The largest absolute Gasteiger partial charge is 0.497 e. The van der Waals surface area contributed by atoms with Gasteiger partial charge in [0.1, 0.15) is 17.6 Å². The minimum Gasteiger partial charge on any atom is -0.497 e. The van der Waals surface area contributed by atoms with Crippen molar-refractivity contribution in [2.75, 3.05) is 12.4 Å². The zero-order chi connectivity index (χ0) is 18.4. The van der Waals surface area contributed by atoms with Crippen molar-refractivity contribution in [1.29, 1.82) is 0 Å². The molecule has 0 unspecified atom stereocenters. The van der Waals surface area contributed by atoms with Gasteiger partial charge in [-0.2, -0.15) is 0 Å². The van der Waals surface area contributed by atoms with Crippen LogP contribution >= 0.6 is 0 Å². The average Bonchev–Trinajstić information content (AvgIpc) is 2.60. The van der Waals surface area contributed by atoms with Crippen molar-refractivity contribution in [3.05, 3.63) is 59.9 Å². The Hall–Kier alpha value is -2.89. The molecule has 0 aliphatic heterocycles. The van der Waals surface area contributed by atoms with E-state index in [9.17, 15) is 14.0 Å². The monoisotopic (exact) mass is 344 g/mol. The van der Waals surface area contributed by atoms with Crippen LogP contribution in [0.5, 0.6) is 5.75 Å². The number of carbonyl (C=O) groups is 2. The predicted octanol–water partition coefficient (Wildman–Crippen LogP) is 3.23. The molecule has 2 aromatic rings. The number of benzene rings is 2. The summed E-state index contributed by atoms with van der Waals surface area (Å²) in [6.45, 7) is 3.61. The maximum Gasteiger partial charge on any atom is 0.254 e. The zero-order valence-electron chi connectivity index (χ0n) is 14.4. The number of hydrogen-bond donors (Lipinski definition) is 2. The molecule has 5 nitrogen and oxygen atoms in total. The normalized spacial score (nSPS) is 11.7. The van der Waals surface area contributed by atoms with Crippen LogP contribution in [0.15, 0.2) is 48.5 Å². The molecule has 0 fully saturated rings. The van der Waals surface area contributed by atoms with Gasteiger partial charge in [0.15, 0.2) is 0 Å². The van der Waals surface area contributed by atoms with E-state index in [1.54, 1.807) is 51.3 Å². The summed E-state index contributed by atoms with van der Waals surface area (Å²) in [7, 11) is 1.56. The van der Waals surface area contributed by atoms with Gasteiger partial charge >= 0.3 is 0 Å². The number of rotatable bonds is 6. The molecule has 0 saturated carbocycles. The van der Waals surface area contributed by atoms with Gasteiger partial charge in [0.05, 0.1) is 12.7 Å². The highest BCUT2D eigenvalue weighted by atomic mass is 19.1. The van der Waals surface area contributed by atoms with Crippen LogP contribution in [-0.4, -0.2) is 25.0 Å². The van der Waals surface area contributed by atoms with E-state index in [0.29, 0.717) is 11.4 Å². The van der Waals surface area contributed by atoms with Gasteiger partial charge in [0.25, 0.3) is 5.91 Å². The number of halogens is 1. The smallest absolute Gasteiger partial charge is 0.254 e. The van der Waals surface area contributed by atoms with E-state index in [2.05, 4.69) is 10.6 Å². The Bertz CT molecular complexity index is 745. The van der Waals surface area contributed by atoms with Crippen molar-refractivity contribution < 1.29 is 18.7 Å². The third-order valence-corrected chi connectivity index (χ3v) is 3.71. The molecule has 0 spiro atoms. The van der Waals surface area contributed by atoms with Crippen LogP contribution in [0.2, 0.25) is 0 Å². The second-order valence-electron chi connectivity index (χ2n) is 5.89. The fourth-order valence-electron chi connectivity index (χ4n) is 2.29. The van der Waals surface area contributed by atoms with Crippen LogP contribution in [0.25, 0.3) is 0 Å². The highest BCUT2D eigenvalue weighted by Crippen LogP contribution is 2.16. The molecule has 2 N–H and O–H groups in total. The van der Waals surface area contributed by atoms with Crippen molar-refractivity contribution >= 4 is 17.5 Å². The lowest BCUT2D eigenvalue weighted by molar-refractivity contribution is -0.118. The molecule has 25 heavy (non-hydrogen) atoms. The zero-order valence-corrected chi connectivity index (χ0v) is 14.4. The summed E-state index contributed by atoms with van der Waals surface area (Å²) in [5.41, 5.74) is 0.488.